The van der Waals surface area contributed by atoms with Crippen molar-refractivity contribution in [2.24, 2.45) is 0 Å². The number of thioether (sulfide) groups is 1. The molecule has 2 amide bonds. The van der Waals surface area contributed by atoms with Gasteiger partial charge in [-0.05, 0) is 30.5 Å². The first-order valence-corrected chi connectivity index (χ1v) is 19.2. The average Bonchev–Trinajstić information content (AvgIpc) is 3.76. The Kier molecular flexibility index (Phi) is 19.1. The van der Waals surface area contributed by atoms with Gasteiger partial charge in [-0.1, -0.05) is 36.7 Å². The van der Waals surface area contributed by atoms with Gasteiger partial charge in [0.15, 0.2) is 16.3 Å². The molecule has 292 valence electrons. The highest BCUT2D eigenvalue weighted by Crippen LogP contribution is 2.24. The molecular formula is C35H49ClFN7O8S. The third kappa shape index (κ3) is 14.6. The van der Waals surface area contributed by atoms with E-state index in [1.54, 1.807) is 29.1 Å². The van der Waals surface area contributed by atoms with Gasteiger partial charge >= 0.3 is 0 Å². The second kappa shape index (κ2) is 24.0. The number of rotatable bonds is 28. The normalized spacial score (nSPS) is 12.1. The van der Waals surface area contributed by atoms with E-state index in [0.717, 1.165) is 43.7 Å². The van der Waals surface area contributed by atoms with Crippen LogP contribution in [-0.2, 0) is 39.8 Å². The van der Waals surface area contributed by atoms with Crippen molar-refractivity contribution in [2.75, 3.05) is 84.2 Å². The van der Waals surface area contributed by atoms with E-state index in [0.29, 0.717) is 69.4 Å². The van der Waals surface area contributed by atoms with Crippen molar-refractivity contribution in [1.29, 1.82) is 0 Å². The van der Waals surface area contributed by atoms with Crippen LogP contribution in [0, 0.1) is 5.82 Å². The fourth-order valence-electron chi connectivity index (χ4n) is 5.09. The summed E-state index contributed by atoms with van der Waals surface area (Å²) in [6, 6.07) is 5.07. The number of carbonyl (C=O) groups is 2. The Morgan fingerprint density at radius 2 is 1.51 bits per heavy atom. The molecule has 0 fully saturated rings. The van der Waals surface area contributed by atoms with Crippen LogP contribution < -0.4 is 16.2 Å². The molecule has 1 atom stereocenters. The summed E-state index contributed by atoms with van der Waals surface area (Å²) in [7, 11) is 0. The predicted molar refractivity (Wildman–Crippen MR) is 199 cm³/mol. The van der Waals surface area contributed by atoms with E-state index in [9.17, 15) is 18.8 Å². The first kappa shape index (κ1) is 42.2. The van der Waals surface area contributed by atoms with Gasteiger partial charge in [-0.2, -0.15) is 4.98 Å². The Labute approximate surface area is 316 Å². The number of aromatic nitrogens is 5. The summed E-state index contributed by atoms with van der Waals surface area (Å²) in [4.78, 5) is 50.3. The van der Waals surface area contributed by atoms with E-state index in [1.807, 2.05) is 0 Å². The minimum absolute atomic E-state index is 0.116. The maximum Gasteiger partial charge on any atom is 0.287 e. The van der Waals surface area contributed by atoms with E-state index in [1.165, 1.54) is 35.2 Å². The highest BCUT2D eigenvalue weighted by molar-refractivity contribution is 7.99. The number of halogens is 2. The summed E-state index contributed by atoms with van der Waals surface area (Å²) in [5, 5.41) is 5.88. The molecule has 0 radical (unpaired) electrons. The summed E-state index contributed by atoms with van der Waals surface area (Å²) >= 11 is 6.85. The number of unbranched alkanes of at least 4 members (excludes halogenated alkanes) is 3. The second-order valence-electron chi connectivity index (χ2n) is 11.9. The molecule has 0 bridgehead atoms. The topological polar surface area (TPSA) is 172 Å². The summed E-state index contributed by atoms with van der Waals surface area (Å²) in [5.74, 6) is 0.0216. The molecule has 3 aromatic heterocycles. The highest BCUT2D eigenvalue weighted by Gasteiger charge is 2.23. The number of aromatic amines is 1. The molecule has 0 saturated heterocycles. The summed E-state index contributed by atoms with van der Waals surface area (Å²) < 4.78 is 44.3. The van der Waals surface area contributed by atoms with Crippen LogP contribution in [0.25, 0.3) is 16.9 Å². The van der Waals surface area contributed by atoms with Crippen LogP contribution in [0.1, 0.15) is 38.2 Å². The number of nitrogens with one attached hydrogen (secondary N) is 3. The molecule has 0 aliphatic carbocycles. The van der Waals surface area contributed by atoms with Gasteiger partial charge in [-0.25, -0.2) is 9.37 Å². The molecule has 15 nitrogen and oxygen atoms in total. The van der Waals surface area contributed by atoms with Gasteiger partial charge < -0.3 is 39.3 Å². The maximum absolute atomic E-state index is 13.6. The lowest BCUT2D eigenvalue weighted by molar-refractivity contribution is -0.127. The van der Waals surface area contributed by atoms with Crippen molar-refractivity contribution in [3.63, 3.8) is 0 Å². The number of alkyl halides is 1. The molecule has 3 heterocycles. The molecule has 0 unspecified atom stereocenters. The SMILES string of the molecule is CC(=O)N[C@@H](CSc1nc2c(=O)n3cc[nH]c3nc2n1Cc1ccc(F)cc1)C(=O)NCCOCCOCCOCCOCCOCCCCCCCl. The average molecular weight is 782 g/mol. The van der Waals surface area contributed by atoms with E-state index in [-0.39, 0.29) is 48.2 Å². The van der Waals surface area contributed by atoms with Gasteiger partial charge in [0.2, 0.25) is 17.6 Å². The summed E-state index contributed by atoms with van der Waals surface area (Å²) in [6.07, 6.45) is 7.53. The molecule has 1 aromatic carbocycles. The van der Waals surface area contributed by atoms with Crippen molar-refractivity contribution in [1.82, 2.24) is 34.6 Å². The predicted octanol–water partition coefficient (Wildman–Crippen LogP) is 3.15. The minimum Gasteiger partial charge on any atom is -0.379 e. The van der Waals surface area contributed by atoms with Crippen LogP contribution in [0.15, 0.2) is 46.6 Å². The molecule has 4 aromatic rings. The number of H-pyrrole nitrogens is 1. The van der Waals surface area contributed by atoms with E-state index >= 15 is 0 Å². The van der Waals surface area contributed by atoms with Crippen LogP contribution in [0.5, 0.6) is 0 Å². The smallest absolute Gasteiger partial charge is 0.287 e. The number of fused-ring (bicyclic) bond motifs is 2. The number of carbonyl (C=O) groups excluding carboxylic acids is 2. The number of nitrogens with zero attached hydrogens (tertiary/aromatic N) is 4. The lowest BCUT2D eigenvalue weighted by Crippen LogP contribution is -2.48. The molecule has 53 heavy (non-hydrogen) atoms. The van der Waals surface area contributed by atoms with Crippen molar-refractivity contribution >= 4 is 52.1 Å². The molecule has 18 heteroatoms. The van der Waals surface area contributed by atoms with Crippen molar-refractivity contribution < 1.29 is 37.7 Å². The third-order valence-electron chi connectivity index (χ3n) is 7.74. The van der Waals surface area contributed by atoms with Gasteiger partial charge in [0, 0.05) is 44.1 Å². The quantitative estimate of drug-likeness (QED) is 0.0439. The van der Waals surface area contributed by atoms with Crippen LogP contribution >= 0.6 is 23.4 Å². The number of ether oxygens (including phenoxy) is 5. The van der Waals surface area contributed by atoms with Gasteiger partial charge in [0.05, 0.1) is 66.0 Å². The van der Waals surface area contributed by atoms with Gasteiger partial charge in [-0.15, -0.1) is 11.6 Å². The van der Waals surface area contributed by atoms with Crippen LogP contribution in [0.3, 0.4) is 0 Å². The molecule has 3 N–H and O–H groups in total. The van der Waals surface area contributed by atoms with Crippen molar-refractivity contribution in [3.8, 4) is 0 Å². The molecule has 0 aliphatic rings. The monoisotopic (exact) mass is 781 g/mol. The molecule has 0 saturated carbocycles. The largest absolute Gasteiger partial charge is 0.379 e. The fraction of sp³-hybridized carbons (Fsp3) is 0.571. The Morgan fingerprint density at radius 3 is 2.15 bits per heavy atom. The lowest BCUT2D eigenvalue weighted by atomic mass is 10.2. The van der Waals surface area contributed by atoms with Gasteiger partial charge in [-0.3, -0.25) is 23.4 Å². The summed E-state index contributed by atoms with van der Waals surface area (Å²) in [6.45, 7) is 6.42. The van der Waals surface area contributed by atoms with Crippen LogP contribution in [0.4, 0.5) is 4.39 Å². The third-order valence-corrected chi connectivity index (χ3v) is 9.07. The Hall–Kier alpha value is -3.58. The Balaban J connectivity index is 1.12. The van der Waals surface area contributed by atoms with Crippen LogP contribution in [0.2, 0.25) is 0 Å². The molecule has 0 spiro atoms. The number of amides is 2. The maximum atomic E-state index is 13.6. The number of hydrogen-bond acceptors (Lipinski definition) is 11. The zero-order valence-corrected chi connectivity index (χ0v) is 31.6. The number of benzene rings is 1. The summed E-state index contributed by atoms with van der Waals surface area (Å²) in [5.41, 5.74) is 0.874. The number of hydrogen-bond donors (Lipinski definition) is 3. The van der Waals surface area contributed by atoms with Crippen LogP contribution in [-0.4, -0.2) is 126 Å². The standard InChI is InChI=1S/C35H49ClFN7O8S/c1-26(45)40-29(32(46)38-12-15-49-17-19-51-21-23-52-22-20-50-18-16-48-14-5-3-2-4-10-36)25-53-35-41-30-31(42-34-39-11-13-43(34)33(30)47)44(35)24-27-6-8-28(37)9-7-27/h6-9,11,13,29H,2-5,10,12,14-25H2,1H3,(H,38,46)(H,39,42)(H,40,45)/t29-/m0/s1. The number of imidazole rings is 2. The minimum atomic E-state index is -0.899. The molecule has 0 aliphatic heterocycles. The van der Waals surface area contributed by atoms with E-state index in [4.69, 9.17) is 35.3 Å². The van der Waals surface area contributed by atoms with Gasteiger partial charge in [0.25, 0.3) is 5.56 Å². The first-order chi connectivity index (χ1) is 25.9. The molecule has 4 rings (SSSR count). The highest BCUT2D eigenvalue weighted by atomic mass is 35.5. The fourth-order valence-corrected chi connectivity index (χ4v) is 6.29. The zero-order valence-electron chi connectivity index (χ0n) is 30.0. The first-order valence-electron chi connectivity index (χ1n) is 17.7. The van der Waals surface area contributed by atoms with E-state index in [2.05, 4.69) is 25.6 Å². The lowest BCUT2D eigenvalue weighted by Gasteiger charge is -2.17. The van der Waals surface area contributed by atoms with Crippen molar-refractivity contribution in [3.05, 3.63) is 58.4 Å². The van der Waals surface area contributed by atoms with Crippen molar-refractivity contribution in [2.45, 2.75) is 50.4 Å². The Bertz CT molecular complexity index is 1740. The second-order valence-corrected chi connectivity index (χ2v) is 13.2. The van der Waals surface area contributed by atoms with Gasteiger partial charge in [0.1, 0.15) is 11.9 Å². The Morgan fingerprint density at radius 1 is 0.887 bits per heavy atom. The zero-order chi connectivity index (χ0) is 37.7. The van der Waals surface area contributed by atoms with E-state index < -0.39 is 11.9 Å². The molecular weight excluding hydrogens is 733 g/mol.